The first kappa shape index (κ1) is 34.6. The number of hydrogen-bond donors (Lipinski definition) is 5. The topological polar surface area (TPSA) is 194 Å². The maximum atomic E-state index is 9.63. The molecule has 0 aliphatic heterocycles. The number of aliphatic carboxylic acids is 2. The van der Waals surface area contributed by atoms with Gasteiger partial charge in [-0.05, 0) is 26.7 Å². The molecule has 0 atom stereocenters. The van der Waals surface area contributed by atoms with Crippen LogP contribution in [0.15, 0.2) is 34.3 Å². The van der Waals surface area contributed by atoms with Crippen molar-refractivity contribution in [2.45, 2.75) is 45.6 Å². The Balaban J connectivity index is -0.000000161. The molecule has 0 aromatic heterocycles. The van der Waals surface area contributed by atoms with Crippen LogP contribution in [0.4, 0.5) is 0 Å². The molecule has 0 spiro atoms. The number of carboxylic acids is 2. The molecule has 11 nitrogen and oxygen atoms in total. The van der Waals surface area contributed by atoms with Crippen molar-refractivity contribution in [2.75, 3.05) is 26.3 Å². The number of aliphatic hydroxyl groups is 3. The summed E-state index contributed by atoms with van der Waals surface area (Å²) >= 11 is 0. The van der Waals surface area contributed by atoms with Gasteiger partial charge in [0.15, 0.2) is 0 Å². The molecule has 0 saturated heterocycles. The Morgan fingerprint density at radius 3 is 1.20 bits per heavy atom. The van der Waals surface area contributed by atoms with Crippen molar-refractivity contribution in [3.05, 3.63) is 24.3 Å². The first-order chi connectivity index (χ1) is 14.0. The van der Waals surface area contributed by atoms with Crippen molar-refractivity contribution >= 4 is 24.1 Å². The Hall–Kier alpha value is -2.94. The molecule has 0 rings (SSSR count). The van der Waals surface area contributed by atoms with Gasteiger partial charge in [0, 0.05) is 11.1 Å². The molecular weight excluding hydrogens is 400 g/mol. The summed E-state index contributed by atoms with van der Waals surface area (Å²) in [5.41, 5.74) is 0.352. The molecule has 11 heteroatoms. The van der Waals surface area contributed by atoms with Crippen molar-refractivity contribution in [1.82, 2.24) is 0 Å². The highest BCUT2D eigenvalue weighted by Gasteiger charge is 1.94. The number of isocyanates is 2. The predicted octanol–water partition coefficient (Wildman–Crippen LogP) is 0.845. The molecule has 0 heterocycles. The Labute approximate surface area is 175 Å². The summed E-state index contributed by atoms with van der Waals surface area (Å²) < 4.78 is 0. The van der Waals surface area contributed by atoms with Crippen molar-refractivity contribution < 1.29 is 44.7 Å². The summed E-state index contributed by atoms with van der Waals surface area (Å²) in [5, 5.41) is 39.8. The van der Waals surface area contributed by atoms with E-state index in [1.54, 1.807) is 0 Å². The van der Waals surface area contributed by atoms with Gasteiger partial charge in [-0.2, -0.15) is 0 Å². The second kappa shape index (κ2) is 28.3. The number of aliphatic imine (C=N–C) groups is 2. The average Bonchev–Trinajstić information content (AvgIpc) is 2.70. The van der Waals surface area contributed by atoms with E-state index in [-0.39, 0.29) is 24.4 Å². The fourth-order valence-corrected chi connectivity index (χ4v) is 0.884. The van der Waals surface area contributed by atoms with E-state index in [9.17, 15) is 19.2 Å². The van der Waals surface area contributed by atoms with Crippen LogP contribution in [0.3, 0.4) is 0 Å². The molecule has 172 valence electrons. The van der Waals surface area contributed by atoms with Crippen LogP contribution in [-0.4, -0.2) is 82.0 Å². The Bertz CT molecular complexity index is 505. The lowest BCUT2D eigenvalue weighted by Gasteiger charge is -1.96. The van der Waals surface area contributed by atoms with E-state index in [4.69, 9.17) is 25.5 Å². The maximum absolute atomic E-state index is 9.63. The lowest BCUT2D eigenvalue weighted by molar-refractivity contribution is -0.133. The van der Waals surface area contributed by atoms with Crippen molar-refractivity contribution in [3.63, 3.8) is 0 Å². The number of hydrogen-bond acceptors (Lipinski definition) is 9. The van der Waals surface area contributed by atoms with E-state index in [1.807, 2.05) is 0 Å². The zero-order valence-electron chi connectivity index (χ0n) is 17.4. The first-order valence-corrected chi connectivity index (χ1v) is 8.76. The Morgan fingerprint density at radius 1 is 0.800 bits per heavy atom. The molecule has 0 fully saturated rings. The van der Waals surface area contributed by atoms with E-state index in [0.29, 0.717) is 13.1 Å². The monoisotopic (exact) mass is 432 g/mol. The van der Waals surface area contributed by atoms with E-state index >= 15 is 0 Å². The lowest BCUT2D eigenvalue weighted by Crippen LogP contribution is -2.15. The van der Waals surface area contributed by atoms with Crippen molar-refractivity contribution in [2.24, 2.45) is 9.98 Å². The van der Waals surface area contributed by atoms with E-state index in [1.165, 1.54) is 26.0 Å². The number of nitrogens with zero attached hydrogens (tertiary/aromatic N) is 2. The maximum Gasteiger partial charge on any atom is 0.330 e. The summed E-state index contributed by atoms with van der Waals surface area (Å²) in [5.74, 6) is -1.87. The molecule has 0 aromatic carbocycles. The second-order valence-electron chi connectivity index (χ2n) is 5.55. The second-order valence-corrected chi connectivity index (χ2v) is 5.55. The summed E-state index contributed by atoms with van der Waals surface area (Å²) in [7, 11) is 0. The fourth-order valence-electron chi connectivity index (χ4n) is 0.884. The summed E-state index contributed by atoms with van der Waals surface area (Å²) in [6.45, 7) is 9.59. The van der Waals surface area contributed by atoms with Crippen LogP contribution in [0.2, 0.25) is 0 Å². The minimum Gasteiger partial charge on any atom is -0.478 e. The number of carbonyl (C=O) groups is 2. The van der Waals surface area contributed by atoms with Gasteiger partial charge in [0.05, 0.1) is 26.3 Å². The molecule has 0 aliphatic rings. The normalized spacial score (nSPS) is 8.33. The molecule has 0 radical (unpaired) electrons. The standard InChI is InChI=1S/C8H12N2O2.2C4H6O2.C3H8O3/c11-7-9-5-3-1-2-4-6-10-8-12;2*1-3(2)4(5)6;4-1-3(6)2-5/h1-6H2;2*1H2,2H3,(H,5,6);3-6H,1-2H2. The van der Waals surface area contributed by atoms with E-state index < -0.39 is 18.0 Å². The number of carbonyl (C=O) groups excluding carboxylic acids is 2. The molecular formula is C19H32N2O9. The molecule has 5 N–H and O–H groups in total. The van der Waals surface area contributed by atoms with Crippen LogP contribution >= 0.6 is 0 Å². The average molecular weight is 432 g/mol. The molecule has 0 bridgehead atoms. The Kier molecular flexibility index (Phi) is 32.6. The Morgan fingerprint density at radius 2 is 1.07 bits per heavy atom. The quantitative estimate of drug-likeness (QED) is 0.136. The molecule has 0 amide bonds. The van der Waals surface area contributed by atoms with Gasteiger partial charge in [0.25, 0.3) is 0 Å². The fraction of sp³-hybridized carbons (Fsp3) is 0.579. The summed E-state index contributed by atoms with van der Waals surface area (Å²) in [6, 6.07) is 0. The van der Waals surface area contributed by atoms with Gasteiger partial charge >= 0.3 is 11.9 Å². The highest BCUT2D eigenvalue weighted by Crippen LogP contribution is 1.99. The molecule has 0 unspecified atom stereocenters. The zero-order valence-corrected chi connectivity index (χ0v) is 17.4. The minimum absolute atomic E-state index is 0.176. The largest absolute Gasteiger partial charge is 0.478 e. The van der Waals surface area contributed by atoms with E-state index in [0.717, 1.165) is 25.7 Å². The van der Waals surface area contributed by atoms with Crippen LogP contribution in [-0.2, 0) is 19.2 Å². The van der Waals surface area contributed by atoms with Crippen LogP contribution in [0.25, 0.3) is 0 Å². The van der Waals surface area contributed by atoms with Gasteiger partial charge in [-0.1, -0.05) is 26.0 Å². The third-order valence-electron chi connectivity index (χ3n) is 2.57. The van der Waals surface area contributed by atoms with Crippen molar-refractivity contribution in [3.8, 4) is 0 Å². The molecule has 0 aromatic rings. The summed E-state index contributed by atoms with van der Waals surface area (Å²) in [4.78, 5) is 45.3. The van der Waals surface area contributed by atoms with Gasteiger partial charge in [-0.15, -0.1) is 0 Å². The van der Waals surface area contributed by atoms with Gasteiger partial charge in [-0.3, -0.25) is 0 Å². The SMILES string of the molecule is C=C(C)C(=O)O.C=C(C)C(=O)O.O=C=NCCCCCCN=C=O.OCC(O)CO. The number of aliphatic hydroxyl groups excluding tert-OH is 3. The van der Waals surface area contributed by atoms with Crippen LogP contribution in [0, 0.1) is 0 Å². The molecule has 30 heavy (non-hydrogen) atoms. The minimum atomic E-state index is -0.954. The van der Waals surface area contributed by atoms with Gasteiger partial charge < -0.3 is 25.5 Å². The highest BCUT2D eigenvalue weighted by molar-refractivity contribution is 5.85. The molecule has 0 saturated carbocycles. The number of rotatable bonds is 11. The lowest BCUT2D eigenvalue weighted by atomic mass is 10.2. The van der Waals surface area contributed by atoms with E-state index in [2.05, 4.69) is 23.1 Å². The smallest absolute Gasteiger partial charge is 0.330 e. The van der Waals surface area contributed by atoms with Gasteiger partial charge in [0.2, 0.25) is 12.2 Å². The van der Waals surface area contributed by atoms with Gasteiger partial charge in [0.1, 0.15) is 6.10 Å². The zero-order chi connectivity index (χ0) is 24.4. The third-order valence-corrected chi connectivity index (χ3v) is 2.57. The third kappa shape index (κ3) is 44.5. The highest BCUT2D eigenvalue weighted by atomic mass is 16.4. The number of carboxylic acid groups (broad SMARTS) is 2. The van der Waals surface area contributed by atoms with Crippen LogP contribution in [0.5, 0.6) is 0 Å². The van der Waals surface area contributed by atoms with Gasteiger partial charge in [-0.25, -0.2) is 29.2 Å². The van der Waals surface area contributed by atoms with Crippen LogP contribution < -0.4 is 0 Å². The van der Waals surface area contributed by atoms with Crippen molar-refractivity contribution in [1.29, 1.82) is 0 Å². The van der Waals surface area contributed by atoms with Crippen LogP contribution in [0.1, 0.15) is 39.5 Å². The summed E-state index contributed by atoms with van der Waals surface area (Å²) in [6.07, 6.45) is 5.85. The first-order valence-electron chi connectivity index (χ1n) is 8.76. The molecule has 0 aliphatic carbocycles. The predicted molar refractivity (Wildman–Crippen MR) is 110 cm³/mol. The number of unbranched alkanes of at least 4 members (excludes halogenated alkanes) is 3.